The number of carbonyl (C=O) groups is 2. The first-order valence-corrected chi connectivity index (χ1v) is 10.6. The highest BCUT2D eigenvalue weighted by atomic mass is 32.2. The van der Waals surface area contributed by atoms with Crippen molar-refractivity contribution in [3.63, 3.8) is 0 Å². The van der Waals surface area contributed by atoms with Crippen molar-refractivity contribution in [1.29, 1.82) is 0 Å². The molecule has 1 atom stereocenters. The van der Waals surface area contributed by atoms with Crippen LogP contribution < -0.4 is 10.9 Å². The first kappa shape index (κ1) is 20.9. The summed E-state index contributed by atoms with van der Waals surface area (Å²) in [5.74, 6) is -2.11. The van der Waals surface area contributed by atoms with E-state index in [1.54, 1.807) is 24.3 Å². The lowest BCUT2D eigenvalue weighted by Crippen LogP contribution is -2.50. The van der Waals surface area contributed by atoms with Crippen LogP contribution in [0.1, 0.15) is 28.8 Å². The van der Waals surface area contributed by atoms with E-state index in [-0.39, 0.29) is 17.0 Å². The van der Waals surface area contributed by atoms with Gasteiger partial charge in [-0.25, -0.2) is 12.8 Å². The fourth-order valence-corrected chi connectivity index (χ4v) is 4.65. The van der Waals surface area contributed by atoms with Gasteiger partial charge in [-0.05, 0) is 56.2 Å². The lowest BCUT2D eigenvalue weighted by molar-refractivity contribution is -0.126. The zero-order valence-electron chi connectivity index (χ0n) is 15.9. The van der Waals surface area contributed by atoms with E-state index in [0.29, 0.717) is 19.4 Å². The first-order valence-electron chi connectivity index (χ1n) is 9.20. The third-order valence-corrected chi connectivity index (χ3v) is 6.70. The molecule has 1 aliphatic heterocycles. The Morgan fingerprint density at radius 1 is 1.03 bits per heavy atom. The van der Waals surface area contributed by atoms with E-state index in [4.69, 9.17) is 0 Å². The number of nitrogens with zero attached hydrogens (tertiary/aromatic N) is 1. The molecule has 2 aromatic carbocycles. The molecule has 1 aliphatic rings. The van der Waals surface area contributed by atoms with Crippen molar-refractivity contribution in [1.82, 2.24) is 15.2 Å². The van der Waals surface area contributed by atoms with Crippen molar-refractivity contribution >= 4 is 21.8 Å². The van der Waals surface area contributed by atoms with Gasteiger partial charge in [-0.1, -0.05) is 17.7 Å². The predicted molar refractivity (Wildman–Crippen MR) is 105 cm³/mol. The molecule has 2 aromatic rings. The summed E-state index contributed by atoms with van der Waals surface area (Å²) < 4.78 is 39.9. The Labute approximate surface area is 168 Å². The second kappa shape index (κ2) is 8.71. The number of benzene rings is 2. The number of aryl methyl sites for hydroxylation is 1. The van der Waals surface area contributed by atoms with Gasteiger partial charge in [0.2, 0.25) is 15.9 Å². The van der Waals surface area contributed by atoms with E-state index in [1.165, 1.54) is 16.4 Å². The molecule has 0 bridgehead atoms. The topological polar surface area (TPSA) is 95.6 Å². The molecule has 1 heterocycles. The third-order valence-electron chi connectivity index (χ3n) is 4.82. The van der Waals surface area contributed by atoms with Crippen LogP contribution in [0.2, 0.25) is 0 Å². The maximum Gasteiger partial charge on any atom is 0.269 e. The molecule has 0 aliphatic carbocycles. The molecule has 0 aromatic heterocycles. The van der Waals surface area contributed by atoms with Crippen LogP contribution in [0, 0.1) is 18.7 Å². The number of hydrogen-bond donors (Lipinski definition) is 2. The van der Waals surface area contributed by atoms with E-state index in [2.05, 4.69) is 10.9 Å². The summed E-state index contributed by atoms with van der Waals surface area (Å²) >= 11 is 0. The fourth-order valence-electron chi connectivity index (χ4n) is 3.13. The quantitative estimate of drug-likeness (QED) is 0.741. The second-order valence-electron chi connectivity index (χ2n) is 6.97. The standard InChI is InChI=1S/C20H22FN3O4S/c1-14-4-10-18(11-5-14)29(27,28)24-12-2-3-16(13-24)20(26)23-22-19(25)15-6-8-17(21)9-7-15/h4-11,16H,2-3,12-13H2,1H3,(H,22,25)(H,23,26)/t16-/m0/s1. The lowest BCUT2D eigenvalue weighted by atomic mass is 9.99. The maximum atomic E-state index is 12.9. The van der Waals surface area contributed by atoms with Gasteiger partial charge >= 0.3 is 0 Å². The van der Waals surface area contributed by atoms with Crippen LogP contribution in [-0.2, 0) is 14.8 Å². The summed E-state index contributed by atoms with van der Waals surface area (Å²) in [5, 5.41) is 0. The largest absolute Gasteiger partial charge is 0.273 e. The minimum absolute atomic E-state index is 0.0362. The number of nitrogens with one attached hydrogen (secondary N) is 2. The number of halogens is 1. The zero-order valence-corrected chi connectivity index (χ0v) is 16.7. The Kier molecular flexibility index (Phi) is 6.29. The molecule has 7 nitrogen and oxygen atoms in total. The summed E-state index contributed by atoms with van der Waals surface area (Å²) in [7, 11) is -3.69. The number of amides is 2. The summed E-state index contributed by atoms with van der Waals surface area (Å²) in [6.07, 6.45) is 1.05. The van der Waals surface area contributed by atoms with Gasteiger partial charge in [0.05, 0.1) is 10.8 Å². The Hall–Kier alpha value is -2.78. The minimum atomic E-state index is -3.69. The molecule has 0 spiro atoms. The fraction of sp³-hybridized carbons (Fsp3) is 0.300. The van der Waals surface area contributed by atoms with Crippen molar-refractivity contribution in [2.75, 3.05) is 13.1 Å². The van der Waals surface area contributed by atoms with E-state index in [9.17, 15) is 22.4 Å². The van der Waals surface area contributed by atoms with Gasteiger partial charge in [0.25, 0.3) is 5.91 Å². The molecular weight excluding hydrogens is 397 g/mol. The molecule has 1 fully saturated rings. The van der Waals surface area contributed by atoms with Gasteiger partial charge in [-0.2, -0.15) is 4.31 Å². The van der Waals surface area contributed by atoms with Crippen LogP contribution in [0.4, 0.5) is 4.39 Å². The molecule has 1 saturated heterocycles. The second-order valence-corrected chi connectivity index (χ2v) is 8.90. The van der Waals surface area contributed by atoms with Gasteiger partial charge in [-0.15, -0.1) is 0 Å². The molecule has 154 valence electrons. The number of hydrazine groups is 1. The Bertz CT molecular complexity index is 991. The lowest BCUT2D eigenvalue weighted by Gasteiger charge is -2.31. The third kappa shape index (κ3) is 4.99. The maximum absolute atomic E-state index is 12.9. The van der Waals surface area contributed by atoms with Gasteiger partial charge in [0, 0.05) is 18.7 Å². The Morgan fingerprint density at radius 3 is 2.34 bits per heavy atom. The molecule has 9 heteroatoms. The highest BCUT2D eigenvalue weighted by Crippen LogP contribution is 2.24. The van der Waals surface area contributed by atoms with Crippen molar-refractivity contribution in [2.24, 2.45) is 5.92 Å². The van der Waals surface area contributed by atoms with E-state index in [0.717, 1.165) is 17.7 Å². The van der Waals surface area contributed by atoms with Crippen LogP contribution >= 0.6 is 0 Å². The summed E-state index contributed by atoms with van der Waals surface area (Å²) in [6, 6.07) is 11.4. The van der Waals surface area contributed by atoms with Crippen LogP contribution in [0.25, 0.3) is 0 Å². The van der Waals surface area contributed by atoms with Crippen molar-refractivity contribution in [3.8, 4) is 0 Å². The van der Waals surface area contributed by atoms with E-state index < -0.39 is 33.6 Å². The molecule has 2 N–H and O–H groups in total. The molecule has 3 rings (SSSR count). The van der Waals surface area contributed by atoms with Crippen LogP contribution in [0.5, 0.6) is 0 Å². The molecule has 2 amide bonds. The van der Waals surface area contributed by atoms with Crippen LogP contribution in [0.3, 0.4) is 0 Å². The monoisotopic (exact) mass is 419 g/mol. The summed E-state index contributed by atoms with van der Waals surface area (Å²) in [5.41, 5.74) is 5.76. The van der Waals surface area contributed by atoms with Crippen molar-refractivity contribution < 1.29 is 22.4 Å². The number of piperidine rings is 1. The minimum Gasteiger partial charge on any atom is -0.273 e. The Morgan fingerprint density at radius 2 is 1.69 bits per heavy atom. The molecule has 0 radical (unpaired) electrons. The van der Waals surface area contributed by atoms with E-state index in [1.807, 2.05) is 6.92 Å². The number of rotatable bonds is 4. The van der Waals surface area contributed by atoms with Gasteiger partial charge in [-0.3, -0.25) is 20.4 Å². The smallest absolute Gasteiger partial charge is 0.269 e. The Balaban J connectivity index is 1.61. The SMILES string of the molecule is Cc1ccc(S(=O)(=O)N2CCC[C@H](C(=O)NNC(=O)c3ccc(F)cc3)C2)cc1. The highest BCUT2D eigenvalue weighted by Gasteiger charge is 2.33. The van der Waals surface area contributed by atoms with Crippen molar-refractivity contribution in [3.05, 3.63) is 65.5 Å². The van der Waals surface area contributed by atoms with Gasteiger partial charge in [0.15, 0.2) is 0 Å². The number of sulfonamides is 1. The highest BCUT2D eigenvalue weighted by molar-refractivity contribution is 7.89. The van der Waals surface area contributed by atoms with Crippen LogP contribution in [-0.4, -0.2) is 37.6 Å². The first-order chi connectivity index (χ1) is 13.8. The average molecular weight is 419 g/mol. The molecule has 0 saturated carbocycles. The average Bonchev–Trinajstić information content (AvgIpc) is 2.72. The van der Waals surface area contributed by atoms with Gasteiger partial charge in [0.1, 0.15) is 5.82 Å². The van der Waals surface area contributed by atoms with Crippen LogP contribution in [0.15, 0.2) is 53.4 Å². The normalized spacial score (nSPS) is 17.5. The van der Waals surface area contributed by atoms with Gasteiger partial charge < -0.3 is 0 Å². The van der Waals surface area contributed by atoms with Crippen molar-refractivity contribution in [2.45, 2.75) is 24.7 Å². The zero-order chi connectivity index (χ0) is 21.0. The number of carbonyl (C=O) groups excluding carboxylic acids is 2. The molecule has 0 unspecified atom stereocenters. The predicted octanol–water partition coefficient (Wildman–Crippen LogP) is 2.00. The summed E-state index contributed by atoms with van der Waals surface area (Å²) in [6.45, 7) is 2.24. The number of hydrogen-bond acceptors (Lipinski definition) is 4. The summed E-state index contributed by atoms with van der Waals surface area (Å²) in [4.78, 5) is 24.6. The van der Waals surface area contributed by atoms with E-state index >= 15 is 0 Å². The molecule has 29 heavy (non-hydrogen) atoms. The molecular formula is C20H22FN3O4S.